The SMILES string of the molecule is C#CCN(C(=O)OCc1ccccc1)c1ncccc1C(=O)O. The summed E-state index contributed by atoms with van der Waals surface area (Å²) in [6.45, 7) is -0.0963. The Bertz CT molecular complexity index is 738. The highest BCUT2D eigenvalue weighted by Gasteiger charge is 2.23. The fraction of sp³-hybridized carbons (Fsp3) is 0.118. The van der Waals surface area contributed by atoms with E-state index in [1.165, 1.54) is 18.3 Å². The predicted octanol–water partition coefficient (Wildman–Crippen LogP) is 2.56. The largest absolute Gasteiger partial charge is 0.478 e. The van der Waals surface area contributed by atoms with Crippen molar-refractivity contribution in [2.45, 2.75) is 6.61 Å². The second kappa shape index (κ2) is 7.61. The van der Waals surface area contributed by atoms with E-state index in [9.17, 15) is 14.7 Å². The quantitative estimate of drug-likeness (QED) is 0.859. The van der Waals surface area contributed by atoms with Gasteiger partial charge in [-0.3, -0.25) is 0 Å². The Labute approximate surface area is 133 Å². The summed E-state index contributed by atoms with van der Waals surface area (Å²) in [5.41, 5.74) is 0.681. The van der Waals surface area contributed by atoms with Crippen molar-refractivity contribution in [1.82, 2.24) is 4.98 Å². The van der Waals surface area contributed by atoms with Gasteiger partial charge in [-0.05, 0) is 17.7 Å². The van der Waals surface area contributed by atoms with Gasteiger partial charge in [-0.1, -0.05) is 36.3 Å². The third-order valence-corrected chi connectivity index (χ3v) is 2.95. The molecule has 116 valence electrons. The normalized spacial score (nSPS) is 9.70. The lowest BCUT2D eigenvalue weighted by Crippen LogP contribution is -2.34. The highest BCUT2D eigenvalue weighted by atomic mass is 16.6. The average Bonchev–Trinajstić information content (AvgIpc) is 2.58. The zero-order valence-electron chi connectivity index (χ0n) is 12.2. The van der Waals surface area contributed by atoms with Gasteiger partial charge in [-0.25, -0.2) is 19.5 Å². The molecule has 0 radical (unpaired) electrons. The van der Waals surface area contributed by atoms with Crippen LogP contribution in [0.5, 0.6) is 0 Å². The standard InChI is InChI=1S/C17H14N2O4/c1-2-11-19(15-14(16(20)21)9-6-10-18-15)17(22)23-12-13-7-4-3-5-8-13/h1,3-10H,11-12H2,(H,20,21). The number of aromatic carboxylic acids is 1. The van der Waals surface area contributed by atoms with E-state index in [0.717, 1.165) is 10.5 Å². The summed E-state index contributed by atoms with van der Waals surface area (Å²) >= 11 is 0. The molecule has 1 aromatic heterocycles. The number of aromatic nitrogens is 1. The molecule has 0 aliphatic rings. The van der Waals surface area contributed by atoms with Gasteiger partial charge in [0.25, 0.3) is 0 Å². The van der Waals surface area contributed by atoms with Gasteiger partial charge in [0, 0.05) is 6.20 Å². The Hall–Kier alpha value is -3.33. The zero-order chi connectivity index (χ0) is 16.7. The van der Waals surface area contributed by atoms with Crippen LogP contribution in [-0.2, 0) is 11.3 Å². The lowest BCUT2D eigenvalue weighted by Gasteiger charge is -2.20. The number of anilines is 1. The van der Waals surface area contributed by atoms with Crippen LogP contribution in [0.25, 0.3) is 0 Å². The first-order chi connectivity index (χ1) is 11.1. The summed E-state index contributed by atoms with van der Waals surface area (Å²) in [4.78, 5) is 28.5. The molecule has 2 rings (SSSR count). The summed E-state index contributed by atoms with van der Waals surface area (Å²) < 4.78 is 5.19. The number of carbonyl (C=O) groups is 2. The van der Waals surface area contributed by atoms with Crippen LogP contribution >= 0.6 is 0 Å². The number of carboxylic acid groups (broad SMARTS) is 1. The van der Waals surface area contributed by atoms with Gasteiger partial charge in [0.1, 0.15) is 12.2 Å². The molecule has 0 unspecified atom stereocenters. The van der Waals surface area contributed by atoms with Crippen LogP contribution in [-0.4, -0.2) is 28.7 Å². The van der Waals surface area contributed by atoms with Crippen molar-refractivity contribution in [2.75, 3.05) is 11.4 Å². The first-order valence-corrected chi connectivity index (χ1v) is 6.73. The van der Waals surface area contributed by atoms with Crippen molar-refractivity contribution in [3.8, 4) is 12.3 Å². The lowest BCUT2D eigenvalue weighted by molar-refractivity contribution is 0.0697. The fourth-order valence-electron chi connectivity index (χ4n) is 1.89. The molecular weight excluding hydrogens is 296 g/mol. The van der Waals surface area contributed by atoms with E-state index in [1.807, 2.05) is 30.3 Å². The maximum Gasteiger partial charge on any atom is 0.416 e. The molecule has 0 fully saturated rings. The molecular formula is C17H14N2O4. The zero-order valence-corrected chi connectivity index (χ0v) is 12.2. The van der Waals surface area contributed by atoms with Gasteiger partial charge in [0.15, 0.2) is 5.82 Å². The lowest BCUT2D eigenvalue weighted by atomic mass is 10.2. The summed E-state index contributed by atoms with van der Waals surface area (Å²) in [5.74, 6) is 1.06. The summed E-state index contributed by atoms with van der Waals surface area (Å²) in [5, 5.41) is 9.20. The van der Waals surface area contributed by atoms with Crippen molar-refractivity contribution < 1.29 is 19.4 Å². The van der Waals surface area contributed by atoms with Gasteiger partial charge in [0.2, 0.25) is 0 Å². The monoisotopic (exact) mass is 310 g/mol. The van der Waals surface area contributed by atoms with E-state index in [-0.39, 0.29) is 24.5 Å². The molecule has 0 saturated heterocycles. The smallest absolute Gasteiger partial charge is 0.416 e. The number of carboxylic acids is 1. The summed E-state index contributed by atoms with van der Waals surface area (Å²) in [6, 6.07) is 11.9. The number of hydrogen-bond acceptors (Lipinski definition) is 4. The van der Waals surface area contributed by atoms with E-state index >= 15 is 0 Å². The van der Waals surface area contributed by atoms with Crippen molar-refractivity contribution >= 4 is 17.9 Å². The Morgan fingerprint density at radius 3 is 2.61 bits per heavy atom. The Balaban J connectivity index is 2.20. The van der Waals surface area contributed by atoms with Crippen molar-refractivity contribution in [3.05, 3.63) is 59.8 Å². The Morgan fingerprint density at radius 1 is 1.22 bits per heavy atom. The second-order valence-corrected chi connectivity index (χ2v) is 4.51. The number of benzene rings is 1. The molecule has 0 bridgehead atoms. The highest BCUT2D eigenvalue weighted by Crippen LogP contribution is 2.18. The van der Waals surface area contributed by atoms with E-state index in [0.29, 0.717) is 0 Å². The molecule has 0 spiro atoms. The van der Waals surface area contributed by atoms with Crippen LogP contribution < -0.4 is 4.90 Å². The molecule has 1 heterocycles. The second-order valence-electron chi connectivity index (χ2n) is 4.51. The van der Waals surface area contributed by atoms with Gasteiger partial charge in [0.05, 0.1) is 6.54 Å². The molecule has 0 atom stereocenters. The van der Waals surface area contributed by atoms with E-state index < -0.39 is 12.1 Å². The first kappa shape index (κ1) is 16.0. The third kappa shape index (κ3) is 4.08. The van der Waals surface area contributed by atoms with Crippen LogP contribution in [0.1, 0.15) is 15.9 Å². The summed E-state index contributed by atoms with van der Waals surface area (Å²) in [7, 11) is 0. The average molecular weight is 310 g/mol. The molecule has 1 amide bonds. The minimum absolute atomic E-state index is 0.0454. The topological polar surface area (TPSA) is 79.7 Å². The predicted molar refractivity (Wildman–Crippen MR) is 84.0 cm³/mol. The number of pyridine rings is 1. The molecule has 23 heavy (non-hydrogen) atoms. The summed E-state index contributed by atoms with van der Waals surface area (Å²) in [6.07, 6.45) is 5.89. The molecule has 2 aromatic rings. The molecule has 6 heteroatoms. The van der Waals surface area contributed by atoms with Crippen LogP contribution in [0.4, 0.5) is 10.6 Å². The molecule has 6 nitrogen and oxygen atoms in total. The maximum absolute atomic E-state index is 12.3. The van der Waals surface area contributed by atoms with Crippen LogP contribution in [0.3, 0.4) is 0 Å². The number of ether oxygens (including phenoxy) is 1. The Morgan fingerprint density at radius 2 is 1.96 bits per heavy atom. The third-order valence-electron chi connectivity index (χ3n) is 2.95. The molecule has 1 N–H and O–H groups in total. The number of amides is 1. The van der Waals surface area contributed by atoms with Gasteiger partial charge >= 0.3 is 12.1 Å². The number of terminal acetylenes is 1. The van der Waals surface area contributed by atoms with Gasteiger partial charge in [-0.2, -0.15) is 0 Å². The molecule has 0 aliphatic heterocycles. The molecule has 0 saturated carbocycles. The van der Waals surface area contributed by atoms with Crippen LogP contribution in [0.15, 0.2) is 48.7 Å². The van der Waals surface area contributed by atoms with E-state index in [4.69, 9.17) is 11.2 Å². The van der Waals surface area contributed by atoms with Gasteiger partial charge in [-0.15, -0.1) is 6.42 Å². The minimum Gasteiger partial charge on any atom is -0.478 e. The van der Waals surface area contributed by atoms with Gasteiger partial charge < -0.3 is 9.84 Å². The van der Waals surface area contributed by atoms with E-state index in [2.05, 4.69) is 10.9 Å². The van der Waals surface area contributed by atoms with E-state index in [1.54, 1.807) is 0 Å². The van der Waals surface area contributed by atoms with Crippen molar-refractivity contribution in [2.24, 2.45) is 0 Å². The number of rotatable bonds is 5. The maximum atomic E-state index is 12.3. The fourth-order valence-corrected chi connectivity index (χ4v) is 1.89. The molecule has 1 aromatic carbocycles. The van der Waals surface area contributed by atoms with Crippen molar-refractivity contribution in [1.29, 1.82) is 0 Å². The van der Waals surface area contributed by atoms with Crippen LogP contribution in [0, 0.1) is 12.3 Å². The van der Waals surface area contributed by atoms with Crippen molar-refractivity contribution in [3.63, 3.8) is 0 Å². The number of carbonyl (C=O) groups excluding carboxylic acids is 1. The number of nitrogens with zero attached hydrogens (tertiary/aromatic N) is 2. The number of hydrogen-bond donors (Lipinski definition) is 1. The van der Waals surface area contributed by atoms with Crippen LogP contribution in [0.2, 0.25) is 0 Å². The molecule has 0 aliphatic carbocycles. The first-order valence-electron chi connectivity index (χ1n) is 6.73. The Kier molecular flexibility index (Phi) is 5.31. The highest BCUT2D eigenvalue weighted by molar-refractivity contribution is 5.98. The minimum atomic E-state index is -1.20.